The third-order valence-electron chi connectivity index (χ3n) is 4.67. The van der Waals surface area contributed by atoms with Crippen molar-refractivity contribution >= 4 is 0 Å². The maximum Gasteiger partial charge on any atom is 0.213 e. The average molecular weight is 343 g/mol. The maximum atomic E-state index is 10.0. The lowest BCUT2D eigenvalue weighted by Gasteiger charge is -2.29. The largest absolute Gasteiger partial charge is 0.477 e. The summed E-state index contributed by atoms with van der Waals surface area (Å²) in [5.41, 5.74) is 1.66. The van der Waals surface area contributed by atoms with Crippen LogP contribution >= 0.6 is 0 Å². The molecule has 2 aromatic rings. The molecular weight excluding hydrogens is 318 g/mol. The third kappa shape index (κ3) is 4.75. The molecule has 2 aromatic heterocycles. The van der Waals surface area contributed by atoms with Gasteiger partial charge in [0.25, 0.3) is 0 Å². The molecule has 1 fully saturated rings. The molecule has 1 aliphatic rings. The van der Waals surface area contributed by atoms with E-state index in [4.69, 9.17) is 4.74 Å². The molecule has 3 N–H and O–H groups in total. The number of nitrogens with one attached hydrogen (secondary N) is 1. The molecule has 0 saturated heterocycles. The summed E-state index contributed by atoms with van der Waals surface area (Å²) in [6, 6.07) is 9.57. The molecule has 0 aliphatic heterocycles. The molecular formula is C19H25N3O3. The molecule has 1 saturated carbocycles. The van der Waals surface area contributed by atoms with Crippen LogP contribution in [0.1, 0.15) is 24.1 Å². The van der Waals surface area contributed by atoms with Crippen LogP contribution in [0.15, 0.2) is 42.7 Å². The van der Waals surface area contributed by atoms with Crippen molar-refractivity contribution in [3.05, 3.63) is 54.0 Å². The molecule has 3 atom stereocenters. The zero-order valence-corrected chi connectivity index (χ0v) is 14.4. The van der Waals surface area contributed by atoms with Gasteiger partial charge in [-0.15, -0.1) is 0 Å². The Bertz CT molecular complexity index is 671. The van der Waals surface area contributed by atoms with E-state index in [1.165, 1.54) is 0 Å². The van der Waals surface area contributed by atoms with Crippen molar-refractivity contribution < 1.29 is 14.9 Å². The Morgan fingerprint density at radius 2 is 2.00 bits per heavy atom. The van der Waals surface area contributed by atoms with E-state index in [-0.39, 0.29) is 5.41 Å². The Balaban J connectivity index is 1.62. The number of pyridine rings is 2. The van der Waals surface area contributed by atoms with Gasteiger partial charge in [0.2, 0.25) is 5.88 Å². The summed E-state index contributed by atoms with van der Waals surface area (Å²) in [7, 11) is 0. The van der Waals surface area contributed by atoms with Crippen LogP contribution in [-0.2, 0) is 6.54 Å². The van der Waals surface area contributed by atoms with Gasteiger partial charge in [0.1, 0.15) is 0 Å². The van der Waals surface area contributed by atoms with Crippen molar-refractivity contribution in [1.82, 2.24) is 15.3 Å². The van der Waals surface area contributed by atoms with E-state index in [0.717, 1.165) is 11.3 Å². The molecule has 6 heteroatoms. The first-order valence-electron chi connectivity index (χ1n) is 8.59. The molecule has 0 bridgehead atoms. The van der Waals surface area contributed by atoms with E-state index in [1.807, 2.05) is 43.5 Å². The summed E-state index contributed by atoms with van der Waals surface area (Å²) in [5.74, 6) is 0.572. The van der Waals surface area contributed by atoms with Crippen molar-refractivity contribution in [2.24, 2.45) is 5.41 Å². The lowest BCUT2D eigenvalue weighted by molar-refractivity contribution is 0.0438. The van der Waals surface area contributed by atoms with Gasteiger partial charge >= 0.3 is 0 Å². The Morgan fingerprint density at radius 3 is 2.68 bits per heavy atom. The number of aryl methyl sites for hydroxylation is 1. The Morgan fingerprint density at radius 1 is 1.20 bits per heavy atom. The molecule has 1 aliphatic carbocycles. The summed E-state index contributed by atoms with van der Waals surface area (Å²) in [6.45, 7) is 3.64. The van der Waals surface area contributed by atoms with Crippen LogP contribution in [0.2, 0.25) is 0 Å². The summed E-state index contributed by atoms with van der Waals surface area (Å²) in [6.07, 6.45) is 3.14. The van der Waals surface area contributed by atoms with Crippen LogP contribution in [0.3, 0.4) is 0 Å². The minimum Gasteiger partial charge on any atom is -0.477 e. The molecule has 0 amide bonds. The van der Waals surface area contributed by atoms with Crippen molar-refractivity contribution in [3.63, 3.8) is 0 Å². The molecule has 0 spiro atoms. The van der Waals surface area contributed by atoms with Crippen molar-refractivity contribution in [3.8, 4) is 5.88 Å². The SMILES string of the molecule is Cc1cccc(OCC2(CNCc3cccnc3)C[C@@H](O)[C@@H](O)C2)n1. The van der Waals surface area contributed by atoms with Gasteiger partial charge in [-0.25, -0.2) is 4.98 Å². The number of nitrogens with zero attached hydrogens (tertiary/aromatic N) is 2. The van der Waals surface area contributed by atoms with Crippen LogP contribution in [0, 0.1) is 12.3 Å². The standard InChI is InChI=1S/C19H25N3O3/c1-14-4-2-6-18(22-14)25-13-19(8-16(23)17(24)9-19)12-21-11-15-5-3-7-20-10-15/h2-7,10,16-17,21,23-24H,8-9,11-13H2,1H3/t16-,17+,19?. The second kappa shape index (κ2) is 7.91. The summed E-state index contributed by atoms with van der Waals surface area (Å²) >= 11 is 0. The third-order valence-corrected chi connectivity index (χ3v) is 4.67. The topological polar surface area (TPSA) is 87.5 Å². The monoisotopic (exact) mass is 343 g/mol. The van der Waals surface area contributed by atoms with Crippen LogP contribution in [0.4, 0.5) is 0 Å². The van der Waals surface area contributed by atoms with Gasteiger partial charge in [-0.1, -0.05) is 12.1 Å². The number of hydrogen-bond donors (Lipinski definition) is 3. The maximum absolute atomic E-state index is 10.0. The highest BCUT2D eigenvalue weighted by molar-refractivity contribution is 5.15. The van der Waals surface area contributed by atoms with Gasteiger partial charge in [-0.05, 0) is 37.5 Å². The van der Waals surface area contributed by atoms with Crippen LogP contribution in [-0.4, -0.2) is 45.5 Å². The molecule has 25 heavy (non-hydrogen) atoms. The fraction of sp³-hybridized carbons (Fsp3) is 0.474. The molecule has 0 radical (unpaired) electrons. The quantitative estimate of drug-likeness (QED) is 0.705. The van der Waals surface area contributed by atoms with E-state index in [2.05, 4.69) is 15.3 Å². The number of ether oxygens (including phenoxy) is 1. The summed E-state index contributed by atoms with van der Waals surface area (Å²) < 4.78 is 5.89. The van der Waals surface area contributed by atoms with Gasteiger partial charge < -0.3 is 20.3 Å². The number of hydrogen-bond acceptors (Lipinski definition) is 6. The van der Waals surface area contributed by atoms with Gasteiger partial charge in [-0.3, -0.25) is 4.98 Å². The number of aliphatic hydroxyl groups excluding tert-OH is 2. The number of rotatable bonds is 7. The van der Waals surface area contributed by atoms with Crippen molar-refractivity contribution in [1.29, 1.82) is 0 Å². The lowest BCUT2D eigenvalue weighted by atomic mass is 9.86. The van der Waals surface area contributed by atoms with Crippen LogP contribution in [0.25, 0.3) is 0 Å². The second-order valence-electron chi connectivity index (χ2n) is 6.91. The molecule has 3 rings (SSSR count). The van der Waals surface area contributed by atoms with Gasteiger partial charge in [0.15, 0.2) is 0 Å². The minimum absolute atomic E-state index is 0.327. The first kappa shape index (κ1) is 17.8. The first-order valence-corrected chi connectivity index (χ1v) is 8.59. The van der Waals surface area contributed by atoms with Gasteiger partial charge in [0, 0.05) is 42.7 Å². The highest BCUT2D eigenvalue weighted by atomic mass is 16.5. The van der Waals surface area contributed by atoms with Crippen molar-refractivity contribution in [2.45, 2.75) is 38.5 Å². The lowest BCUT2D eigenvalue weighted by Crippen LogP contribution is -2.38. The molecule has 0 aromatic carbocycles. The predicted octanol–water partition coefficient (Wildman–Crippen LogP) is 1.46. The van der Waals surface area contributed by atoms with E-state index < -0.39 is 12.2 Å². The number of aliphatic hydroxyl groups is 2. The van der Waals surface area contributed by atoms with Crippen molar-refractivity contribution in [2.75, 3.05) is 13.2 Å². The smallest absolute Gasteiger partial charge is 0.213 e. The molecule has 6 nitrogen and oxygen atoms in total. The Kier molecular flexibility index (Phi) is 5.63. The zero-order valence-electron chi connectivity index (χ0n) is 14.4. The van der Waals surface area contributed by atoms with E-state index in [0.29, 0.717) is 38.4 Å². The average Bonchev–Trinajstić information content (AvgIpc) is 2.89. The second-order valence-corrected chi connectivity index (χ2v) is 6.91. The first-order chi connectivity index (χ1) is 12.1. The summed E-state index contributed by atoms with van der Waals surface area (Å²) in [4.78, 5) is 8.46. The Labute approximate surface area is 147 Å². The predicted molar refractivity (Wildman–Crippen MR) is 94.1 cm³/mol. The van der Waals surface area contributed by atoms with Gasteiger partial charge in [-0.2, -0.15) is 0 Å². The van der Waals surface area contributed by atoms with E-state index >= 15 is 0 Å². The van der Waals surface area contributed by atoms with Crippen LogP contribution in [0.5, 0.6) is 5.88 Å². The van der Waals surface area contributed by atoms with E-state index in [1.54, 1.807) is 6.20 Å². The normalized spacial score (nSPS) is 25.9. The molecule has 134 valence electrons. The fourth-order valence-corrected chi connectivity index (χ4v) is 3.36. The Hall–Kier alpha value is -2.02. The minimum atomic E-state index is -0.714. The fourth-order valence-electron chi connectivity index (χ4n) is 3.36. The van der Waals surface area contributed by atoms with Crippen LogP contribution < -0.4 is 10.1 Å². The highest BCUT2D eigenvalue weighted by Gasteiger charge is 2.44. The van der Waals surface area contributed by atoms with E-state index in [9.17, 15) is 10.2 Å². The molecule has 1 unspecified atom stereocenters. The number of aromatic nitrogens is 2. The molecule has 2 heterocycles. The summed E-state index contributed by atoms with van der Waals surface area (Å²) in [5, 5.41) is 23.5. The highest BCUT2D eigenvalue weighted by Crippen LogP contribution is 2.38. The zero-order chi connectivity index (χ0) is 17.7. The van der Waals surface area contributed by atoms with Gasteiger partial charge in [0.05, 0.1) is 18.8 Å².